The zero-order valence-corrected chi connectivity index (χ0v) is 19.8. The van der Waals surface area contributed by atoms with E-state index >= 15 is 0 Å². The van der Waals surface area contributed by atoms with Gasteiger partial charge in [-0.2, -0.15) is 0 Å². The van der Waals surface area contributed by atoms with E-state index in [1.54, 1.807) is 18.2 Å². The van der Waals surface area contributed by atoms with E-state index < -0.39 is 0 Å². The van der Waals surface area contributed by atoms with Crippen LogP contribution in [0.5, 0.6) is 11.5 Å². The fourth-order valence-electron chi connectivity index (χ4n) is 2.73. The van der Waals surface area contributed by atoms with E-state index in [-0.39, 0.29) is 23.8 Å². The van der Waals surface area contributed by atoms with Crippen molar-refractivity contribution >= 4 is 63.2 Å². The summed E-state index contributed by atoms with van der Waals surface area (Å²) in [4.78, 5) is 26.7. The second-order valence-electron chi connectivity index (χ2n) is 6.60. The maximum atomic E-state index is 12.8. The summed E-state index contributed by atoms with van der Waals surface area (Å²) in [6.45, 7) is 4.03. The second kappa shape index (κ2) is 9.40. The summed E-state index contributed by atoms with van der Waals surface area (Å²) in [7, 11) is 1.53. The van der Waals surface area contributed by atoms with Gasteiger partial charge in [0.15, 0.2) is 11.5 Å². The lowest BCUT2D eigenvalue weighted by atomic mass is 10.1. The van der Waals surface area contributed by atoms with Crippen LogP contribution in [0.1, 0.15) is 25.0 Å². The van der Waals surface area contributed by atoms with Crippen molar-refractivity contribution in [3.05, 3.63) is 61.0 Å². The molecule has 5 nitrogen and oxygen atoms in total. The highest BCUT2D eigenvalue weighted by Crippen LogP contribution is 2.39. The van der Waals surface area contributed by atoms with Crippen LogP contribution in [0, 0.1) is 3.57 Å². The number of nitrogens with zero attached hydrogens (tertiary/aromatic N) is 1. The lowest BCUT2D eigenvalue weighted by molar-refractivity contribution is -0.123. The van der Waals surface area contributed by atoms with Crippen molar-refractivity contribution in [2.75, 3.05) is 7.11 Å². The average Bonchev–Trinajstić information content (AvgIpc) is 2.92. The molecule has 1 aliphatic rings. The number of imide groups is 1. The van der Waals surface area contributed by atoms with Gasteiger partial charge in [0, 0.05) is 3.57 Å². The lowest BCUT2D eigenvalue weighted by Gasteiger charge is -2.15. The molecule has 8 heteroatoms. The Morgan fingerprint density at radius 3 is 2.52 bits per heavy atom. The topological polar surface area (TPSA) is 55.8 Å². The van der Waals surface area contributed by atoms with Crippen LogP contribution in [0.25, 0.3) is 6.08 Å². The minimum absolute atomic E-state index is 0.0648. The summed E-state index contributed by atoms with van der Waals surface area (Å²) in [6.07, 6.45) is 1.58. The Hall–Kier alpha value is -1.71. The first kappa shape index (κ1) is 22.0. The van der Waals surface area contributed by atoms with E-state index in [9.17, 15) is 9.59 Å². The Balaban J connectivity index is 1.85. The minimum Gasteiger partial charge on any atom is -0.493 e. The molecule has 152 valence electrons. The van der Waals surface area contributed by atoms with E-state index in [0.717, 1.165) is 20.9 Å². The standard InChI is InChI=1S/C21H19ClINO4S/c1-12(2)28-19-16(22)8-14(9-17(19)27-3)10-18-20(25)24(21(26)29-18)11-13-4-6-15(23)7-5-13/h4-10,12H,11H2,1-3H3/b18-10-. The monoisotopic (exact) mass is 543 g/mol. The quantitative estimate of drug-likeness (QED) is 0.332. The van der Waals surface area contributed by atoms with Crippen molar-refractivity contribution in [3.8, 4) is 11.5 Å². The molecule has 1 saturated heterocycles. The molecule has 0 radical (unpaired) electrons. The number of carbonyl (C=O) groups excluding carboxylic acids is 2. The van der Waals surface area contributed by atoms with E-state index in [4.69, 9.17) is 21.1 Å². The molecule has 1 fully saturated rings. The highest BCUT2D eigenvalue weighted by molar-refractivity contribution is 14.1. The Morgan fingerprint density at radius 2 is 1.90 bits per heavy atom. The molecule has 0 aromatic heterocycles. The van der Waals surface area contributed by atoms with Crippen molar-refractivity contribution in [2.45, 2.75) is 26.5 Å². The number of amides is 2. The molecular weight excluding hydrogens is 525 g/mol. The fraction of sp³-hybridized carbons (Fsp3) is 0.238. The van der Waals surface area contributed by atoms with Crippen molar-refractivity contribution in [1.82, 2.24) is 4.90 Å². The van der Waals surface area contributed by atoms with Crippen LogP contribution in [0.2, 0.25) is 5.02 Å². The molecule has 2 amide bonds. The predicted octanol–water partition coefficient (Wildman–Crippen LogP) is 5.98. The zero-order valence-electron chi connectivity index (χ0n) is 16.1. The third kappa shape index (κ3) is 5.26. The van der Waals surface area contributed by atoms with Gasteiger partial charge in [0.2, 0.25) is 0 Å². The first-order valence-corrected chi connectivity index (χ1v) is 11.1. The number of hydrogen-bond acceptors (Lipinski definition) is 5. The number of benzene rings is 2. The minimum atomic E-state index is -0.323. The summed E-state index contributed by atoms with van der Waals surface area (Å²) in [6, 6.07) is 11.1. The highest BCUT2D eigenvalue weighted by atomic mass is 127. The number of rotatable bonds is 6. The third-order valence-corrected chi connectivity index (χ3v) is 5.94. The van der Waals surface area contributed by atoms with Gasteiger partial charge in [0.25, 0.3) is 11.1 Å². The van der Waals surface area contributed by atoms with Crippen LogP contribution in [0.15, 0.2) is 41.3 Å². The number of hydrogen-bond donors (Lipinski definition) is 0. The number of carbonyl (C=O) groups is 2. The van der Waals surface area contributed by atoms with Crippen molar-refractivity contribution < 1.29 is 19.1 Å². The maximum absolute atomic E-state index is 12.8. The van der Waals surface area contributed by atoms with E-state index in [0.29, 0.717) is 27.0 Å². The molecule has 1 heterocycles. The van der Waals surface area contributed by atoms with Crippen molar-refractivity contribution in [1.29, 1.82) is 0 Å². The van der Waals surface area contributed by atoms with Gasteiger partial charge in [-0.1, -0.05) is 23.7 Å². The summed E-state index contributed by atoms with van der Waals surface area (Å²) in [5.41, 5.74) is 1.55. The van der Waals surface area contributed by atoms with Gasteiger partial charge in [-0.15, -0.1) is 0 Å². The van der Waals surface area contributed by atoms with Crippen molar-refractivity contribution in [2.24, 2.45) is 0 Å². The van der Waals surface area contributed by atoms with Gasteiger partial charge in [0.1, 0.15) is 0 Å². The molecule has 0 saturated carbocycles. The summed E-state index contributed by atoms with van der Waals surface area (Å²) in [5.74, 6) is 0.597. The highest BCUT2D eigenvalue weighted by Gasteiger charge is 2.35. The number of ether oxygens (including phenoxy) is 2. The van der Waals surface area contributed by atoms with E-state index in [1.807, 2.05) is 38.1 Å². The summed E-state index contributed by atoms with van der Waals surface area (Å²) in [5, 5.41) is 0.0834. The Kier molecular flexibility index (Phi) is 7.13. The van der Waals surface area contributed by atoms with Crippen LogP contribution in [-0.4, -0.2) is 29.3 Å². The smallest absolute Gasteiger partial charge is 0.293 e. The fourth-order valence-corrected chi connectivity index (χ4v) is 4.19. The van der Waals surface area contributed by atoms with Crippen LogP contribution < -0.4 is 9.47 Å². The second-order valence-corrected chi connectivity index (χ2v) is 9.24. The Morgan fingerprint density at radius 1 is 1.21 bits per heavy atom. The van der Waals surface area contributed by atoms with E-state index in [1.165, 1.54) is 12.0 Å². The molecule has 29 heavy (non-hydrogen) atoms. The van der Waals surface area contributed by atoms with Gasteiger partial charge < -0.3 is 9.47 Å². The Labute approximate surface area is 192 Å². The molecule has 2 aromatic carbocycles. The van der Waals surface area contributed by atoms with Crippen LogP contribution in [0.3, 0.4) is 0 Å². The Bertz CT molecular complexity index is 975. The van der Waals surface area contributed by atoms with Gasteiger partial charge >= 0.3 is 0 Å². The average molecular weight is 544 g/mol. The molecule has 1 aliphatic heterocycles. The van der Waals surface area contributed by atoms with Gasteiger partial charge in [0.05, 0.1) is 29.7 Å². The summed E-state index contributed by atoms with van der Waals surface area (Å²) >= 11 is 9.48. The van der Waals surface area contributed by atoms with Crippen LogP contribution in [-0.2, 0) is 11.3 Å². The predicted molar refractivity (Wildman–Crippen MR) is 124 cm³/mol. The molecule has 3 rings (SSSR count). The number of thioether (sulfide) groups is 1. The number of halogens is 2. The third-order valence-electron chi connectivity index (χ3n) is 4.03. The van der Waals surface area contributed by atoms with Gasteiger partial charge in [-0.25, -0.2) is 0 Å². The first-order valence-electron chi connectivity index (χ1n) is 8.82. The molecule has 0 bridgehead atoms. The molecule has 0 unspecified atom stereocenters. The molecule has 0 aliphatic carbocycles. The lowest BCUT2D eigenvalue weighted by Crippen LogP contribution is -2.27. The van der Waals surface area contributed by atoms with Gasteiger partial charge in [-0.3, -0.25) is 14.5 Å². The molecule has 2 aromatic rings. The molecule has 0 N–H and O–H groups in total. The van der Waals surface area contributed by atoms with E-state index in [2.05, 4.69) is 22.6 Å². The van der Waals surface area contributed by atoms with Crippen LogP contribution in [0.4, 0.5) is 4.79 Å². The zero-order chi connectivity index (χ0) is 21.1. The van der Waals surface area contributed by atoms with Gasteiger partial charge in [-0.05, 0) is 89.7 Å². The number of methoxy groups -OCH3 is 1. The molecule has 0 atom stereocenters. The van der Waals surface area contributed by atoms with Crippen molar-refractivity contribution in [3.63, 3.8) is 0 Å². The summed E-state index contributed by atoms with van der Waals surface area (Å²) < 4.78 is 12.2. The first-order chi connectivity index (χ1) is 13.8. The normalized spacial score (nSPS) is 15.5. The SMILES string of the molecule is COc1cc(/C=C2\SC(=O)N(Cc3ccc(I)cc3)C2=O)cc(Cl)c1OC(C)C. The molecular formula is C21H19ClINO4S. The maximum Gasteiger partial charge on any atom is 0.293 e. The molecule has 0 spiro atoms. The largest absolute Gasteiger partial charge is 0.493 e. The van der Waals surface area contributed by atoms with Crippen LogP contribution >= 0.6 is 46.0 Å².